The lowest BCUT2D eigenvalue weighted by Crippen LogP contribution is -2.48. The molecule has 0 radical (unpaired) electrons. The van der Waals surface area contributed by atoms with Gasteiger partial charge < -0.3 is 10.2 Å². The summed E-state index contributed by atoms with van der Waals surface area (Å²) in [6.07, 6.45) is 6.85. The Bertz CT molecular complexity index is 773. The molecule has 1 aromatic carbocycles. The maximum atomic E-state index is 13.3. The van der Waals surface area contributed by atoms with Crippen LogP contribution in [0.4, 0.5) is 5.69 Å². The third-order valence-electron chi connectivity index (χ3n) is 5.24. The van der Waals surface area contributed by atoms with Gasteiger partial charge in [-0.25, -0.2) is 0 Å². The zero-order chi connectivity index (χ0) is 17.9. The average molecular weight is 385 g/mol. The maximum absolute atomic E-state index is 13.3. The molecule has 1 aromatic heterocycles. The Morgan fingerprint density at radius 1 is 1.12 bits per heavy atom. The van der Waals surface area contributed by atoms with Crippen LogP contribution < -0.4 is 5.32 Å². The molecule has 2 aromatic rings. The third-order valence-corrected chi connectivity index (χ3v) is 7.17. The number of benzene rings is 1. The summed E-state index contributed by atoms with van der Waals surface area (Å²) in [4.78, 5) is 17.4. The van der Waals surface area contributed by atoms with Crippen LogP contribution in [-0.4, -0.2) is 22.3 Å². The molecule has 0 spiro atoms. The Morgan fingerprint density at radius 3 is 2.65 bits per heavy atom. The lowest BCUT2D eigenvalue weighted by Gasteiger charge is -2.39. The first-order valence-corrected chi connectivity index (χ1v) is 11.0. The summed E-state index contributed by atoms with van der Waals surface area (Å²) in [5, 5.41) is 5.63. The van der Waals surface area contributed by atoms with Crippen LogP contribution in [0.2, 0.25) is 0 Å². The second kappa shape index (κ2) is 7.89. The molecule has 1 aliphatic carbocycles. The highest BCUT2D eigenvalue weighted by molar-refractivity contribution is 8.05. The zero-order valence-corrected chi connectivity index (χ0v) is 16.6. The highest BCUT2D eigenvalue weighted by Gasteiger charge is 2.42. The number of amides is 1. The summed E-state index contributed by atoms with van der Waals surface area (Å²) < 4.78 is 0. The maximum Gasteiger partial charge on any atom is 0.263 e. The van der Waals surface area contributed by atoms with Gasteiger partial charge in [-0.1, -0.05) is 55.8 Å². The van der Waals surface area contributed by atoms with Crippen molar-refractivity contribution in [2.24, 2.45) is 5.92 Å². The molecule has 2 heterocycles. The van der Waals surface area contributed by atoms with Gasteiger partial charge in [0.15, 0.2) is 5.50 Å². The number of hydrogen-bond acceptors (Lipinski definition) is 4. The van der Waals surface area contributed by atoms with Gasteiger partial charge in [0.2, 0.25) is 0 Å². The summed E-state index contributed by atoms with van der Waals surface area (Å²) in [6.45, 7) is 2.29. The molecule has 1 N–H and O–H groups in total. The van der Waals surface area contributed by atoms with Crippen molar-refractivity contribution in [2.75, 3.05) is 5.32 Å². The summed E-state index contributed by atoms with van der Waals surface area (Å²) in [5.41, 5.74) is 1.02. The Morgan fingerprint density at radius 2 is 1.92 bits per heavy atom. The van der Waals surface area contributed by atoms with E-state index in [2.05, 4.69) is 40.7 Å². The van der Waals surface area contributed by atoms with Crippen molar-refractivity contribution >= 4 is 40.8 Å². The average Bonchev–Trinajstić information content (AvgIpc) is 3.26. The van der Waals surface area contributed by atoms with E-state index in [4.69, 9.17) is 0 Å². The number of carbonyl (C=O) groups is 1. The number of rotatable bonds is 4. The van der Waals surface area contributed by atoms with Crippen molar-refractivity contribution in [3.05, 3.63) is 57.6 Å². The fourth-order valence-corrected chi connectivity index (χ4v) is 5.80. The number of nitrogens with zero attached hydrogens (tertiary/aromatic N) is 1. The van der Waals surface area contributed by atoms with E-state index < -0.39 is 0 Å². The highest BCUT2D eigenvalue weighted by atomic mass is 32.2. The van der Waals surface area contributed by atoms with Crippen molar-refractivity contribution in [3.63, 3.8) is 0 Å². The van der Waals surface area contributed by atoms with Crippen molar-refractivity contribution in [1.29, 1.82) is 0 Å². The van der Waals surface area contributed by atoms with Crippen LogP contribution in [0.1, 0.15) is 37.5 Å². The molecule has 0 bridgehead atoms. The van der Waals surface area contributed by atoms with Crippen molar-refractivity contribution in [3.8, 4) is 0 Å². The van der Waals surface area contributed by atoms with Crippen molar-refractivity contribution in [1.82, 2.24) is 4.90 Å². The molecule has 1 saturated heterocycles. The molecular formula is C21H24N2OS2. The van der Waals surface area contributed by atoms with E-state index in [1.165, 1.54) is 19.3 Å². The minimum atomic E-state index is -0.0401. The smallest absolute Gasteiger partial charge is 0.263 e. The molecule has 1 unspecified atom stereocenters. The topological polar surface area (TPSA) is 32.3 Å². The normalized spacial score (nSPS) is 27.9. The number of thiophene rings is 1. The van der Waals surface area contributed by atoms with E-state index in [1.807, 2.05) is 30.3 Å². The fraction of sp³-hybridized carbons (Fsp3) is 0.381. The van der Waals surface area contributed by atoms with Gasteiger partial charge >= 0.3 is 0 Å². The SMILES string of the molecule is C[C@H]1CCCC[C@H]1N1C(=O)/C(=C/c2cccs2)SC1Nc1ccccc1. The number of nitrogens with one attached hydrogen (secondary N) is 1. The lowest BCUT2D eigenvalue weighted by molar-refractivity contribution is -0.129. The molecule has 4 rings (SSSR count). The molecule has 2 fully saturated rings. The Hall–Kier alpha value is -1.72. The third kappa shape index (κ3) is 3.69. The van der Waals surface area contributed by atoms with Crippen LogP contribution in [0.25, 0.3) is 6.08 Å². The first-order chi connectivity index (χ1) is 12.7. The van der Waals surface area contributed by atoms with Crippen LogP contribution in [-0.2, 0) is 4.79 Å². The summed E-state index contributed by atoms with van der Waals surface area (Å²) in [7, 11) is 0. The molecule has 5 heteroatoms. The molecule has 1 saturated carbocycles. The summed E-state index contributed by atoms with van der Waals surface area (Å²) >= 11 is 3.32. The van der Waals surface area contributed by atoms with E-state index in [9.17, 15) is 4.79 Å². The van der Waals surface area contributed by atoms with E-state index in [1.54, 1.807) is 23.1 Å². The van der Waals surface area contributed by atoms with E-state index in [-0.39, 0.29) is 11.4 Å². The van der Waals surface area contributed by atoms with Gasteiger partial charge in [-0.05, 0) is 48.4 Å². The van der Waals surface area contributed by atoms with E-state index in [0.717, 1.165) is 21.9 Å². The van der Waals surface area contributed by atoms with Gasteiger partial charge in [-0.15, -0.1) is 11.3 Å². The summed E-state index contributed by atoms with van der Waals surface area (Å²) in [6, 6.07) is 14.6. The second-order valence-corrected chi connectivity index (χ2v) is 9.15. The van der Waals surface area contributed by atoms with Gasteiger partial charge in [-0.2, -0.15) is 0 Å². The van der Waals surface area contributed by atoms with Gasteiger partial charge in [0.05, 0.1) is 4.91 Å². The number of para-hydroxylation sites is 1. The molecule has 1 amide bonds. The van der Waals surface area contributed by atoms with Crippen LogP contribution in [0, 0.1) is 5.92 Å². The Balaban J connectivity index is 1.63. The molecule has 3 atom stereocenters. The second-order valence-electron chi connectivity index (χ2n) is 7.05. The van der Waals surface area contributed by atoms with Crippen LogP contribution >= 0.6 is 23.1 Å². The number of hydrogen-bond donors (Lipinski definition) is 1. The zero-order valence-electron chi connectivity index (χ0n) is 14.9. The Labute approximate surface area is 163 Å². The van der Waals surface area contributed by atoms with Gasteiger partial charge in [0, 0.05) is 16.6 Å². The molecule has 136 valence electrons. The molecular weight excluding hydrogens is 360 g/mol. The minimum absolute atomic E-state index is 0.0401. The van der Waals surface area contributed by atoms with Crippen molar-refractivity contribution < 1.29 is 4.79 Å². The number of thioether (sulfide) groups is 1. The van der Waals surface area contributed by atoms with Crippen molar-refractivity contribution in [2.45, 2.75) is 44.1 Å². The first kappa shape index (κ1) is 17.7. The summed E-state index contributed by atoms with van der Waals surface area (Å²) in [5.74, 6) is 0.727. The van der Waals surface area contributed by atoms with Crippen LogP contribution in [0.3, 0.4) is 0 Å². The minimum Gasteiger partial charge on any atom is -0.356 e. The van der Waals surface area contributed by atoms with Crippen LogP contribution in [0.5, 0.6) is 0 Å². The van der Waals surface area contributed by atoms with E-state index in [0.29, 0.717) is 12.0 Å². The van der Waals surface area contributed by atoms with Gasteiger partial charge in [-0.3, -0.25) is 4.79 Å². The molecule has 26 heavy (non-hydrogen) atoms. The van der Waals surface area contributed by atoms with Gasteiger partial charge in [0.25, 0.3) is 5.91 Å². The quantitative estimate of drug-likeness (QED) is 0.693. The monoisotopic (exact) mass is 384 g/mol. The standard InChI is InChI=1S/C21H24N2OS2/c1-15-8-5-6-12-18(15)23-20(24)19(14-17-11-7-13-25-17)26-21(23)22-16-9-3-2-4-10-16/h2-4,7,9-11,13-15,18,21-22H,5-6,8,12H2,1H3/b19-14-/t15-,18+,21?/m0/s1. The predicted molar refractivity (Wildman–Crippen MR) is 112 cm³/mol. The molecule has 1 aliphatic heterocycles. The fourth-order valence-electron chi connectivity index (χ4n) is 3.87. The lowest BCUT2D eigenvalue weighted by atomic mass is 9.85. The van der Waals surface area contributed by atoms with Gasteiger partial charge in [0.1, 0.15) is 0 Å². The van der Waals surface area contributed by atoms with E-state index >= 15 is 0 Å². The Kier molecular flexibility index (Phi) is 5.36. The van der Waals surface area contributed by atoms with Crippen LogP contribution in [0.15, 0.2) is 52.7 Å². The largest absolute Gasteiger partial charge is 0.356 e. The highest BCUT2D eigenvalue weighted by Crippen LogP contribution is 2.42. The molecule has 2 aliphatic rings. The first-order valence-electron chi connectivity index (χ1n) is 9.28. The number of anilines is 1. The number of carbonyl (C=O) groups excluding carboxylic acids is 1. The predicted octanol–water partition coefficient (Wildman–Crippen LogP) is 5.64. The molecule has 3 nitrogen and oxygen atoms in total.